The molecule has 0 aromatic rings. The quantitative estimate of drug-likeness (QED) is 0.726. The van der Waals surface area contributed by atoms with E-state index in [1.165, 1.54) is 32.4 Å². The van der Waals surface area contributed by atoms with Gasteiger partial charge in [0.05, 0.1) is 13.2 Å². The van der Waals surface area contributed by atoms with Gasteiger partial charge in [0.15, 0.2) is 0 Å². The number of nitrogens with zero attached hydrogens (tertiary/aromatic N) is 1. The summed E-state index contributed by atoms with van der Waals surface area (Å²) in [5, 5.41) is 3.10. The Balaban J connectivity index is 0.000000325. The summed E-state index contributed by atoms with van der Waals surface area (Å²) in [5.41, 5.74) is 0. The minimum absolute atomic E-state index is 0.790. The average molecular weight is 244 g/mol. The van der Waals surface area contributed by atoms with E-state index < -0.39 is 0 Å². The molecule has 0 atom stereocenters. The summed E-state index contributed by atoms with van der Waals surface area (Å²) < 4.78 is 5.24. The Morgan fingerprint density at radius 2 is 1.82 bits per heavy atom. The van der Waals surface area contributed by atoms with E-state index in [2.05, 4.69) is 31.0 Å². The number of nitrogens with one attached hydrogen (secondary N) is 1. The summed E-state index contributed by atoms with van der Waals surface area (Å²) in [6, 6.07) is 0. The van der Waals surface area contributed by atoms with E-state index in [4.69, 9.17) is 4.74 Å². The molecule has 0 aromatic heterocycles. The molecule has 3 heteroatoms. The lowest BCUT2D eigenvalue weighted by molar-refractivity contribution is 0.0329. The molecule has 0 aliphatic carbocycles. The van der Waals surface area contributed by atoms with Gasteiger partial charge in [-0.25, -0.2) is 0 Å². The Bertz CT molecular complexity index is 141. The number of hydrogen-bond donors (Lipinski definition) is 1. The van der Waals surface area contributed by atoms with Crippen LogP contribution in [0.4, 0.5) is 0 Å². The van der Waals surface area contributed by atoms with Crippen LogP contribution in [0.2, 0.25) is 0 Å². The summed E-state index contributed by atoms with van der Waals surface area (Å²) in [6.07, 6.45) is 4.01. The molecule has 0 aromatic carbocycles. The average Bonchev–Trinajstić information content (AvgIpc) is 2.31. The zero-order valence-electron chi connectivity index (χ0n) is 12.3. The SMILES string of the molecule is CC(C)CN1CCOCC1.CCCCCNC. The molecule has 17 heavy (non-hydrogen) atoms. The number of ether oxygens (including phenoxy) is 1. The van der Waals surface area contributed by atoms with Gasteiger partial charge in [-0.2, -0.15) is 0 Å². The van der Waals surface area contributed by atoms with Crippen molar-refractivity contribution < 1.29 is 4.74 Å². The predicted octanol–water partition coefficient (Wildman–Crippen LogP) is 2.37. The molecule has 0 unspecified atom stereocenters. The molecule has 1 saturated heterocycles. The van der Waals surface area contributed by atoms with Gasteiger partial charge in [0, 0.05) is 19.6 Å². The summed E-state index contributed by atoms with van der Waals surface area (Å²) >= 11 is 0. The van der Waals surface area contributed by atoms with Crippen LogP contribution in [0.1, 0.15) is 40.0 Å². The number of morpholine rings is 1. The first kappa shape index (κ1) is 16.9. The summed E-state index contributed by atoms with van der Waals surface area (Å²) in [7, 11) is 2.00. The molecule has 0 bridgehead atoms. The van der Waals surface area contributed by atoms with Gasteiger partial charge >= 0.3 is 0 Å². The van der Waals surface area contributed by atoms with Gasteiger partial charge < -0.3 is 10.1 Å². The highest BCUT2D eigenvalue weighted by Crippen LogP contribution is 2.01. The third kappa shape index (κ3) is 12.1. The van der Waals surface area contributed by atoms with Gasteiger partial charge in [0.2, 0.25) is 0 Å². The first-order valence-electron chi connectivity index (χ1n) is 7.15. The van der Waals surface area contributed by atoms with Gasteiger partial charge in [-0.1, -0.05) is 33.6 Å². The maximum Gasteiger partial charge on any atom is 0.0594 e. The Labute approximate surface area is 108 Å². The molecule has 3 nitrogen and oxygen atoms in total. The first-order chi connectivity index (χ1) is 8.20. The van der Waals surface area contributed by atoms with Crippen LogP contribution in [0.3, 0.4) is 0 Å². The standard InChI is InChI=1S/C8H17NO.C6H15N/c1-8(2)7-9-3-5-10-6-4-9;1-3-4-5-6-7-2/h8H,3-7H2,1-2H3;7H,3-6H2,1-2H3. The third-order valence-electron chi connectivity index (χ3n) is 2.76. The van der Waals surface area contributed by atoms with Crippen molar-refractivity contribution in [2.24, 2.45) is 5.92 Å². The molecule has 1 aliphatic rings. The fraction of sp³-hybridized carbons (Fsp3) is 1.00. The molecule has 1 rings (SSSR count). The van der Waals surface area contributed by atoms with Crippen molar-refractivity contribution in [1.29, 1.82) is 0 Å². The minimum atomic E-state index is 0.790. The summed E-state index contributed by atoms with van der Waals surface area (Å²) in [4.78, 5) is 2.47. The molecular weight excluding hydrogens is 212 g/mol. The van der Waals surface area contributed by atoms with Crippen LogP contribution >= 0.6 is 0 Å². The van der Waals surface area contributed by atoms with E-state index in [0.717, 1.165) is 32.2 Å². The molecule has 0 saturated carbocycles. The van der Waals surface area contributed by atoms with Crippen molar-refractivity contribution in [3.8, 4) is 0 Å². The van der Waals surface area contributed by atoms with Gasteiger partial charge in [-0.05, 0) is 25.9 Å². The molecule has 0 spiro atoms. The van der Waals surface area contributed by atoms with Gasteiger partial charge in [0.25, 0.3) is 0 Å². The zero-order valence-corrected chi connectivity index (χ0v) is 12.3. The van der Waals surface area contributed by atoms with Crippen molar-refractivity contribution >= 4 is 0 Å². The topological polar surface area (TPSA) is 24.5 Å². The van der Waals surface area contributed by atoms with E-state index >= 15 is 0 Å². The number of rotatable bonds is 6. The van der Waals surface area contributed by atoms with Crippen LogP contribution in [0, 0.1) is 5.92 Å². The van der Waals surface area contributed by atoms with E-state index in [9.17, 15) is 0 Å². The smallest absolute Gasteiger partial charge is 0.0594 e. The molecule has 0 amide bonds. The van der Waals surface area contributed by atoms with E-state index in [1.807, 2.05) is 7.05 Å². The first-order valence-corrected chi connectivity index (χ1v) is 7.15. The molecule has 1 fully saturated rings. The molecule has 104 valence electrons. The van der Waals surface area contributed by atoms with Gasteiger partial charge in [0.1, 0.15) is 0 Å². The van der Waals surface area contributed by atoms with Crippen molar-refractivity contribution in [2.45, 2.75) is 40.0 Å². The third-order valence-corrected chi connectivity index (χ3v) is 2.76. The molecule has 1 N–H and O–H groups in total. The zero-order chi connectivity index (χ0) is 12.9. The maximum absolute atomic E-state index is 5.24. The highest BCUT2D eigenvalue weighted by molar-refractivity contribution is 4.62. The maximum atomic E-state index is 5.24. The Morgan fingerprint density at radius 1 is 1.18 bits per heavy atom. The lowest BCUT2D eigenvalue weighted by Gasteiger charge is -2.27. The largest absolute Gasteiger partial charge is 0.379 e. The van der Waals surface area contributed by atoms with Crippen LogP contribution in [-0.4, -0.2) is 51.3 Å². The molecular formula is C14H32N2O. The minimum Gasteiger partial charge on any atom is -0.379 e. The van der Waals surface area contributed by atoms with Gasteiger partial charge in [-0.3, -0.25) is 4.90 Å². The highest BCUT2D eigenvalue weighted by Gasteiger charge is 2.10. The second kappa shape index (κ2) is 12.3. The Morgan fingerprint density at radius 3 is 2.29 bits per heavy atom. The second-order valence-corrected chi connectivity index (χ2v) is 5.12. The predicted molar refractivity (Wildman–Crippen MR) is 75.5 cm³/mol. The van der Waals surface area contributed by atoms with Crippen molar-refractivity contribution in [3.63, 3.8) is 0 Å². The van der Waals surface area contributed by atoms with Crippen LogP contribution in [-0.2, 0) is 4.74 Å². The van der Waals surface area contributed by atoms with Crippen LogP contribution in [0.15, 0.2) is 0 Å². The van der Waals surface area contributed by atoms with E-state index in [-0.39, 0.29) is 0 Å². The lowest BCUT2D eigenvalue weighted by Crippen LogP contribution is -2.38. The highest BCUT2D eigenvalue weighted by atomic mass is 16.5. The lowest BCUT2D eigenvalue weighted by atomic mass is 10.2. The monoisotopic (exact) mass is 244 g/mol. The van der Waals surface area contributed by atoms with Crippen LogP contribution < -0.4 is 5.32 Å². The Kier molecular flexibility index (Phi) is 12.3. The van der Waals surface area contributed by atoms with Crippen molar-refractivity contribution in [1.82, 2.24) is 10.2 Å². The van der Waals surface area contributed by atoms with Crippen molar-refractivity contribution in [2.75, 3.05) is 46.4 Å². The normalized spacial score (nSPS) is 16.8. The molecule has 1 heterocycles. The second-order valence-electron chi connectivity index (χ2n) is 5.12. The fourth-order valence-corrected chi connectivity index (χ4v) is 1.85. The van der Waals surface area contributed by atoms with E-state index in [1.54, 1.807) is 0 Å². The number of unbranched alkanes of at least 4 members (excludes halogenated alkanes) is 2. The summed E-state index contributed by atoms with van der Waals surface area (Å²) in [5.74, 6) is 0.790. The van der Waals surface area contributed by atoms with Crippen LogP contribution in [0.5, 0.6) is 0 Å². The number of hydrogen-bond acceptors (Lipinski definition) is 3. The van der Waals surface area contributed by atoms with Gasteiger partial charge in [-0.15, -0.1) is 0 Å². The van der Waals surface area contributed by atoms with E-state index in [0.29, 0.717) is 0 Å². The molecule has 0 radical (unpaired) electrons. The summed E-state index contributed by atoms with van der Waals surface area (Å²) in [6.45, 7) is 13.2. The Hall–Kier alpha value is -0.120. The van der Waals surface area contributed by atoms with Crippen LogP contribution in [0.25, 0.3) is 0 Å². The van der Waals surface area contributed by atoms with Crippen molar-refractivity contribution in [3.05, 3.63) is 0 Å². The fourth-order valence-electron chi connectivity index (χ4n) is 1.85. The molecule has 1 aliphatic heterocycles.